The van der Waals surface area contributed by atoms with E-state index in [0.717, 1.165) is 33.4 Å². The number of β-lactam (4-membered cyclic amide) rings is 1. The molecule has 4 aromatic rings. The zero-order chi connectivity index (χ0) is 18.4. The Morgan fingerprint density at radius 3 is 2.19 bits per heavy atom. The van der Waals surface area contributed by atoms with Gasteiger partial charge in [-0.1, -0.05) is 78.9 Å². The average Bonchev–Trinajstić information content (AvgIpc) is 3.11. The van der Waals surface area contributed by atoms with E-state index < -0.39 is 5.38 Å². The van der Waals surface area contributed by atoms with Gasteiger partial charge in [-0.2, -0.15) is 0 Å². The Hall–Kier alpha value is -3.04. The molecule has 27 heavy (non-hydrogen) atoms. The summed E-state index contributed by atoms with van der Waals surface area (Å²) in [6.45, 7) is 0. The summed E-state index contributed by atoms with van der Waals surface area (Å²) in [6, 6.07) is 28.0. The van der Waals surface area contributed by atoms with Gasteiger partial charge < -0.3 is 4.98 Å². The van der Waals surface area contributed by atoms with Crippen molar-refractivity contribution in [3.8, 4) is 11.3 Å². The highest BCUT2D eigenvalue weighted by Gasteiger charge is 2.49. The number of hydrogen-bond acceptors (Lipinski definition) is 1. The number of aromatic amines is 1. The first kappa shape index (κ1) is 16.2. The van der Waals surface area contributed by atoms with Gasteiger partial charge >= 0.3 is 0 Å². The largest absolute Gasteiger partial charge is 0.353 e. The van der Waals surface area contributed by atoms with Crippen LogP contribution < -0.4 is 4.90 Å². The van der Waals surface area contributed by atoms with E-state index in [1.807, 2.05) is 89.8 Å². The molecule has 132 valence electrons. The second-order valence-corrected chi connectivity index (χ2v) is 7.20. The Balaban J connectivity index is 1.73. The quantitative estimate of drug-likeness (QED) is 0.372. The highest BCUT2D eigenvalue weighted by Crippen LogP contribution is 2.48. The summed E-state index contributed by atoms with van der Waals surface area (Å²) < 4.78 is 0. The summed E-state index contributed by atoms with van der Waals surface area (Å²) in [5, 5.41) is 0.471. The van der Waals surface area contributed by atoms with Crippen molar-refractivity contribution in [1.82, 2.24) is 4.98 Å². The summed E-state index contributed by atoms with van der Waals surface area (Å²) in [5.74, 6) is -0.0625. The number of rotatable bonds is 3. The minimum Gasteiger partial charge on any atom is -0.353 e. The van der Waals surface area contributed by atoms with Crippen LogP contribution in [0.15, 0.2) is 84.9 Å². The lowest BCUT2D eigenvalue weighted by Crippen LogP contribution is -2.56. The van der Waals surface area contributed by atoms with Gasteiger partial charge in [-0.15, -0.1) is 11.6 Å². The van der Waals surface area contributed by atoms with E-state index in [1.165, 1.54) is 0 Å². The van der Waals surface area contributed by atoms with Crippen molar-refractivity contribution >= 4 is 34.1 Å². The monoisotopic (exact) mass is 372 g/mol. The number of anilines is 1. The lowest BCUT2D eigenvalue weighted by molar-refractivity contribution is -0.123. The number of H-pyrrole nitrogens is 1. The number of halogens is 1. The molecule has 0 aliphatic carbocycles. The number of carbonyl (C=O) groups is 1. The molecule has 4 heteroatoms. The molecule has 1 fully saturated rings. The Morgan fingerprint density at radius 1 is 0.815 bits per heavy atom. The Labute approximate surface area is 162 Å². The van der Waals surface area contributed by atoms with Gasteiger partial charge in [-0.3, -0.25) is 9.69 Å². The number of para-hydroxylation sites is 1. The molecule has 2 atom stereocenters. The van der Waals surface area contributed by atoms with Crippen LogP contribution in [0.3, 0.4) is 0 Å². The SMILES string of the molecule is O=C1C(Cl)C(c2ccccc2)N1c1c(-c2ccccc2)[nH]c2ccccc12. The fourth-order valence-electron chi connectivity index (χ4n) is 3.86. The summed E-state index contributed by atoms with van der Waals surface area (Å²) in [6.07, 6.45) is 0. The number of aromatic nitrogens is 1. The van der Waals surface area contributed by atoms with Crippen LogP contribution in [0.25, 0.3) is 22.2 Å². The molecule has 0 spiro atoms. The van der Waals surface area contributed by atoms with E-state index in [0.29, 0.717) is 0 Å². The second-order valence-electron chi connectivity index (χ2n) is 6.73. The number of nitrogens with one attached hydrogen (secondary N) is 1. The third kappa shape index (κ3) is 2.47. The lowest BCUT2D eigenvalue weighted by Gasteiger charge is -2.44. The molecule has 1 N–H and O–H groups in total. The molecule has 2 heterocycles. The summed E-state index contributed by atoms with van der Waals surface area (Å²) in [7, 11) is 0. The Kier molecular flexibility index (Phi) is 3.76. The van der Waals surface area contributed by atoms with Crippen LogP contribution >= 0.6 is 11.6 Å². The zero-order valence-electron chi connectivity index (χ0n) is 14.5. The van der Waals surface area contributed by atoms with Gasteiger partial charge in [0.1, 0.15) is 5.38 Å². The molecule has 1 saturated heterocycles. The van der Waals surface area contributed by atoms with Gasteiger partial charge in [-0.25, -0.2) is 0 Å². The number of hydrogen-bond donors (Lipinski definition) is 1. The molecular weight excluding hydrogens is 356 g/mol. The van der Waals surface area contributed by atoms with Crippen LogP contribution in [0, 0.1) is 0 Å². The standard InChI is InChI=1S/C23H17ClN2O/c24-19-21(16-11-5-2-6-12-16)26(23(19)27)22-17-13-7-8-14-18(17)25-20(22)15-9-3-1-4-10-15/h1-14,19,21,25H. The van der Waals surface area contributed by atoms with Crippen molar-refractivity contribution in [2.75, 3.05) is 4.90 Å². The summed E-state index contributed by atoms with van der Waals surface area (Å²) >= 11 is 6.46. The maximum Gasteiger partial charge on any atom is 0.248 e. The number of carbonyl (C=O) groups excluding carboxylic acids is 1. The average molecular weight is 373 g/mol. The molecule has 3 aromatic carbocycles. The first-order valence-electron chi connectivity index (χ1n) is 8.94. The molecule has 2 unspecified atom stereocenters. The topological polar surface area (TPSA) is 36.1 Å². The van der Waals surface area contributed by atoms with Crippen molar-refractivity contribution in [2.24, 2.45) is 0 Å². The lowest BCUT2D eigenvalue weighted by atomic mass is 9.91. The van der Waals surface area contributed by atoms with Gasteiger partial charge in [0.05, 0.1) is 17.4 Å². The highest BCUT2D eigenvalue weighted by molar-refractivity contribution is 6.38. The van der Waals surface area contributed by atoms with Crippen LogP contribution in [0.5, 0.6) is 0 Å². The smallest absolute Gasteiger partial charge is 0.248 e. The minimum atomic E-state index is -0.551. The molecule has 3 nitrogen and oxygen atoms in total. The Morgan fingerprint density at radius 2 is 1.44 bits per heavy atom. The highest BCUT2D eigenvalue weighted by atomic mass is 35.5. The maximum atomic E-state index is 12.9. The minimum absolute atomic E-state index is 0.0625. The molecular formula is C23H17ClN2O. The van der Waals surface area contributed by atoms with Crippen molar-refractivity contribution in [3.05, 3.63) is 90.5 Å². The molecule has 0 saturated carbocycles. The number of amides is 1. The molecule has 1 aromatic heterocycles. The van der Waals surface area contributed by atoms with Crippen LogP contribution in [0.2, 0.25) is 0 Å². The van der Waals surface area contributed by atoms with Gasteiger partial charge in [0, 0.05) is 16.5 Å². The fraction of sp³-hybridized carbons (Fsp3) is 0.0870. The predicted molar refractivity (Wildman–Crippen MR) is 110 cm³/mol. The number of nitrogens with zero attached hydrogens (tertiary/aromatic N) is 1. The van der Waals surface area contributed by atoms with E-state index in [9.17, 15) is 4.79 Å². The molecule has 0 bridgehead atoms. The van der Waals surface area contributed by atoms with E-state index in [2.05, 4.69) is 4.98 Å². The summed E-state index contributed by atoms with van der Waals surface area (Å²) in [4.78, 5) is 18.2. The van der Waals surface area contributed by atoms with Crippen LogP contribution in [0.4, 0.5) is 5.69 Å². The molecule has 5 rings (SSSR count). The summed E-state index contributed by atoms with van der Waals surface area (Å²) in [5.41, 5.74) is 4.92. The predicted octanol–water partition coefficient (Wildman–Crippen LogP) is 5.53. The van der Waals surface area contributed by atoms with Crippen LogP contribution in [-0.2, 0) is 4.79 Å². The fourth-order valence-corrected chi connectivity index (χ4v) is 4.23. The molecule has 1 aliphatic rings. The van der Waals surface area contributed by atoms with Gasteiger partial charge in [0.15, 0.2) is 0 Å². The van der Waals surface area contributed by atoms with E-state index in [1.54, 1.807) is 0 Å². The van der Waals surface area contributed by atoms with Gasteiger partial charge in [-0.05, 0) is 11.6 Å². The van der Waals surface area contributed by atoms with Crippen molar-refractivity contribution < 1.29 is 4.79 Å². The Bertz CT molecular complexity index is 1120. The van der Waals surface area contributed by atoms with Crippen LogP contribution in [0.1, 0.15) is 11.6 Å². The zero-order valence-corrected chi connectivity index (χ0v) is 15.2. The van der Waals surface area contributed by atoms with Crippen molar-refractivity contribution in [1.29, 1.82) is 0 Å². The van der Waals surface area contributed by atoms with E-state index >= 15 is 0 Å². The number of fused-ring (bicyclic) bond motifs is 1. The van der Waals surface area contributed by atoms with Gasteiger partial charge in [0.25, 0.3) is 0 Å². The molecule has 0 radical (unpaired) electrons. The first-order chi connectivity index (χ1) is 13.3. The van der Waals surface area contributed by atoms with Crippen molar-refractivity contribution in [3.63, 3.8) is 0 Å². The second kappa shape index (κ2) is 6.29. The van der Waals surface area contributed by atoms with Crippen molar-refractivity contribution in [2.45, 2.75) is 11.4 Å². The van der Waals surface area contributed by atoms with E-state index in [-0.39, 0.29) is 11.9 Å². The third-order valence-electron chi connectivity index (χ3n) is 5.15. The molecule has 1 amide bonds. The first-order valence-corrected chi connectivity index (χ1v) is 9.37. The molecule has 1 aliphatic heterocycles. The third-order valence-corrected chi connectivity index (χ3v) is 5.58. The maximum absolute atomic E-state index is 12.9. The van der Waals surface area contributed by atoms with E-state index in [4.69, 9.17) is 11.6 Å². The normalized spacial score (nSPS) is 19.3. The van der Waals surface area contributed by atoms with Gasteiger partial charge in [0.2, 0.25) is 5.91 Å². The number of alkyl halides is 1. The number of benzene rings is 3. The van der Waals surface area contributed by atoms with Crippen LogP contribution in [-0.4, -0.2) is 16.3 Å².